The lowest BCUT2D eigenvalue weighted by atomic mass is 9.77. The molecule has 0 amide bonds. The maximum atomic E-state index is 6.11. The molecule has 1 aliphatic rings. The molecule has 1 aliphatic carbocycles. The molecule has 1 saturated carbocycles. The van der Waals surface area contributed by atoms with Crippen LogP contribution in [-0.2, 0) is 11.2 Å². The number of methoxy groups -OCH3 is 1. The van der Waals surface area contributed by atoms with Gasteiger partial charge in [0.05, 0.1) is 16.1 Å². The number of H-pyrrole nitrogens is 1. The fraction of sp³-hybridized carbons (Fsp3) is 0.462. The Bertz CT molecular complexity index is 540. The van der Waals surface area contributed by atoms with Crippen molar-refractivity contribution in [2.75, 3.05) is 7.11 Å². The summed E-state index contributed by atoms with van der Waals surface area (Å²) in [7, 11) is 1.79. The normalized spacial score (nSPS) is 18.2. The average Bonchev–Trinajstić information content (AvgIpc) is 2.68. The Morgan fingerprint density at radius 2 is 2.29 bits per heavy atom. The number of ether oxygens (including phenoxy) is 1. The van der Waals surface area contributed by atoms with Gasteiger partial charge in [-0.3, -0.25) is 0 Å². The molecule has 1 fully saturated rings. The lowest BCUT2D eigenvalue weighted by Gasteiger charge is -2.39. The van der Waals surface area contributed by atoms with Crippen LogP contribution < -0.4 is 0 Å². The highest BCUT2D eigenvalue weighted by atomic mass is 35.5. The number of imidazole rings is 1. The minimum absolute atomic E-state index is 0.000350. The van der Waals surface area contributed by atoms with Gasteiger partial charge in [0.15, 0.2) is 0 Å². The van der Waals surface area contributed by atoms with Crippen LogP contribution in [0.3, 0.4) is 0 Å². The van der Waals surface area contributed by atoms with Gasteiger partial charge in [0.25, 0.3) is 0 Å². The van der Waals surface area contributed by atoms with Crippen molar-refractivity contribution in [3.8, 4) is 0 Å². The first kappa shape index (κ1) is 11.1. The summed E-state index contributed by atoms with van der Waals surface area (Å²) in [5.74, 6) is 0.967. The van der Waals surface area contributed by atoms with Crippen molar-refractivity contribution < 1.29 is 4.74 Å². The molecule has 1 N–H and O–H groups in total. The number of halogens is 1. The summed E-state index contributed by atoms with van der Waals surface area (Å²) >= 11 is 6.11. The van der Waals surface area contributed by atoms with E-state index >= 15 is 0 Å². The van der Waals surface area contributed by atoms with E-state index in [2.05, 4.69) is 9.97 Å². The van der Waals surface area contributed by atoms with E-state index in [1.54, 1.807) is 7.11 Å². The van der Waals surface area contributed by atoms with E-state index in [1.165, 1.54) is 6.42 Å². The molecule has 0 unspecified atom stereocenters. The second kappa shape index (κ2) is 4.00. The molecule has 0 spiro atoms. The van der Waals surface area contributed by atoms with Crippen molar-refractivity contribution in [2.24, 2.45) is 0 Å². The molecule has 1 aromatic heterocycles. The number of nitrogens with zero attached hydrogens (tertiary/aromatic N) is 1. The van der Waals surface area contributed by atoms with Gasteiger partial charge in [-0.25, -0.2) is 4.98 Å². The quantitative estimate of drug-likeness (QED) is 0.907. The van der Waals surface area contributed by atoms with Crippen molar-refractivity contribution >= 4 is 22.6 Å². The molecule has 3 rings (SSSR count). The van der Waals surface area contributed by atoms with Crippen molar-refractivity contribution in [2.45, 2.75) is 31.3 Å². The smallest absolute Gasteiger partial charge is 0.110 e. The van der Waals surface area contributed by atoms with Crippen LogP contribution in [0.25, 0.3) is 11.0 Å². The first-order valence-electron chi connectivity index (χ1n) is 5.91. The number of aromatic nitrogens is 2. The van der Waals surface area contributed by atoms with Gasteiger partial charge in [-0.2, -0.15) is 0 Å². The van der Waals surface area contributed by atoms with E-state index in [0.29, 0.717) is 5.02 Å². The first-order valence-corrected chi connectivity index (χ1v) is 6.28. The Morgan fingerprint density at radius 3 is 2.88 bits per heavy atom. The van der Waals surface area contributed by atoms with Gasteiger partial charge >= 0.3 is 0 Å². The Labute approximate surface area is 105 Å². The molecular formula is C13H15ClN2O. The van der Waals surface area contributed by atoms with Crippen LogP contribution in [-0.4, -0.2) is 22.7 Å². The van der Waals surface area contributed by atoms with Gasteiger partial charge in [0.2, 0.25) is 0 Å². The molecule has 0 bridgehead atoms. The Morgan fingerprint density at radius 1 is 1.47 bits per heavy atom. The average molecular weight is 251 g/mol. The van der Waals surface area contributed by atoms with Crippen LogP contribution >= 0.6 is 11.6 Å². The van der Waals surface area contributed by atoms with E-state index in [1.807, 2.05) is 18.2 Å². The highest BCUT2D eigenvalue weighted by molar-refractivity contribution is 6.34. The lowest BCUT2D eigenvalue weighted by Crippen LogP contribution is -2.41. The van der Waals surface area contributed by atoms with Crippen LogP contribution in [0, 0.1) is 0 Å². The Hall–Kier alpha value is -1.06. The molecule has 90 valence electrons. The van der Waals surface area contributed by atoms with Crippen LogP contribution in [0.1, 0.15) is 25.1 Å². The third-order valence-corrected chi connectivity index (χ3v) is 4.00. The van der Waals surface area contributed by atoms with Crippen LogP contribution in [0.4, 0.5) is 0 Å². The van der Waals surface area contributed by atoms with Gasteiger partial charge in [-0.05, 0) is 31.4 Å². The fourth-order valence-corrected chi connectivity index (χ4v) is 2.68. The van der Waals surface area contributed by atoms with Gasteiger partial charge < -0.3 is 9.72 Å². The molecule has 1 heterocycles. The molecule has 4 heteroatoms. The van der Waals surface area contributed by atoms with Crippen LogP contribution in [0.5, 0.6) is 0 Å². The molecule has 0 saturated heterocycles. The molecular weight excluding hydrogens is 236 g/mol. The highest BCUT2D eigenvalue weighted by Crippen LogP contribution is 2.37. The van der Waals surface area contributed by atoms with Crippen molar-refractivity contribution in [1.82, 2.24) is 9.97 Å². The molecule has 2 aromatic rings. The number of aromatic amines is 1. The summed E-state index contributed by atoms with van der Waals surface area (Å²) < 4.78 is 5.61. The summed E-state index contributed by atoms with van der Waals surface area (Å²) in [6, 6.07) is 5.80. The van der Waals surface area contributed by atoms with Gasteiger partial charge in [-0.15, -0.1) is 0 Å². The second-order valence-electron chi connectivity index (χ2n) is 4.74. The maximum absolute atomic E-state index is 6.11. The van der Waals surface area contributed by atoms with Crippen molar-refractivity contribution in [3.05, 3.63) is 29.0 Å². The minimum Gasteiger partial charge on any atom is -0.378 e. The molecule has 3 nitrogen and oxygen atoms in total. The van der Waals surface area contributed by atoms with Crippen molar-refractivity contribution in [3.63, 3.8) is 0 Å². The molecule has 0 radical (unpaired) electrons. The van der Waals surface area contributed by atoms with Gasteiger partial charge in [0.1, 0.15) is 11.3 Å². The zero-order valence-electron chi connectivity index (χ0n) is 9.79. The number of rotatable bonds is 3. The number of fused-ring (bicyclic) bond motifs is 1. The summed E-state index contributed by atoms with van der Waals surface area (Å²) in [6.45, 7) is 0. The fourth-order valence-electron chi connectivity index (χ4n) is 2.46. The van der Waals surface area contributed by atoms with Crippen LogP contribution in [0.15, 0.2) is 18.2 Å². The van der Waals surface area contributed by atoms with E-state index in [4.69, 9.17) is 16.3 Å². The predicted octanol–water partition coefficient (Wildman–Crippen LogP) is 3.33. The van der Waals surface area contributed by atoms with Gasteiger partial charge in [-0.1, -0.05) is 17.7 Å². The SMILES string of the molecule is COC1(Cc2nc3c(Cl)cccc3[nH]2)CCC1. The summed E-state index contributed by atoms with van der Waals surface area (Å²) in [5, 5.41) is 0.699. The standard InChI is InChI=1S/C13H15ClN2O/c1-17-13(6-3-7-13)8-11-15-10-5-2-4-9(14)12(10)16-11/h2,4-5H,3,6-8H2,1H3,(H,15,16). The molecule has 0 atom stereocenters. The first-order chi connectivity index (χ1) is 8.22. The van der Waals surface area contributed by atoms with E-state index < -0.39 is 0 Å². The maximum Gasteiger partial charge on any atom is 0.110 e. The van der Waals surface area contributed by atoms with E-state index in [-0.39, 0.29) is 5.60 Å². The topological polar surface area (TPSA) is 37.9 Å². The van der Waals surface area contributed by atoms with E-state index in [9.17, 15) is 0 Å². The number of para-hydroxylation sites is 1. The zero-order valence-corrected chi connectivity index (χ0v) is 10.5. The Kier molecular flexibility index (Phi) is 2.60. The molecule has 17 heavy (non-hydrogen) atoms. The number of benzene rings is 1. The second-order valence-corrected chi connectivity index (χ2v) is 5.14. The summed E-state index contributed by atoms with van der Waals surface area (Å²) in [4.78, 5) is 7.88. The predicted molar refractivity (Wildman–Crippen MR) is 68.4 cm³/mol. The highest BCUT2D eigenvalue weighted by Gasteiger charge is 2.37. The van der Waals surface area contributed by atoms with Crippen LogP contribution in [0.2, 0.25) is 5.02 Å². The number of nitrogens with one attached hydrogen (secondary N) is 1. The lowest BCUT2D eigenvalue weighted by molar-refractivity contribution is -0.0719. The third kappa shape index (κ3) is 1.83. The molecule has 1 aromatic carbocycles. The minimum atomic E-state index is 0.000350. The Balaban J connectivity index is 1.93. The largest absolute Gasteiger partial charge is 0.378 e. The van der Waals surface area contributed by atoms with Gasteiger partial charge in [0, 0.05) is 13.5 Å². The summed E-state index contributed by atoms with van der Waals surface area (Å²) in [6.07, 6.45) is 4.33. The van der Waals surface area contributed by atoms with Crippen molar-refractivity contribution in [1.29, 1.82) is 0 Å². The monoisotopic (exact) mass is 250 g/mol. The summed E-state index contributed by atoms with van der Waals surface area (Å²) in [5.41, 5.74) is 1.85. The number of hydrogen-bond acceptors (Lipinski definition) is 2. The zero-order chi connectivity index (χ0) is 11.9. The number of hydrogen-bond donors (Lipinski definition) is 1. The van der Waals surface area contributed by atoms with E-state index in [0.717, 1.165) is 36.1 Å². The molecule has 0 aliphatic heterocycles. The third-order valence-electron chi connectivity index (χ3n) is 3.70.